The average molecular weight is 500 g/mol. The Bertz CT molecular complexity index is 1470. The first kappa shape index (κ1) is 24.0. The molecule has 0 aliphatic rings. The Morgan fingerprint density at radius 3 is 2.40 bits per heavy atom. The molecular formula is C25H17ClF3N3O3. The van der Waals surface area contributed by atoms with E-state index < -0.39 is 22.6 Å². The van der Waals surface area contributed by atoms with Crippen LogP contribution in [0.4, 0.5) is 35.9 Å². The molecule has 4 aromatic rings. The number of alkyl halides is 3. The molecule has 178 valence electrons. The summed E-state index contributed by atoms with van der Waals surface area (Å²) in [7, 11) is 0. The van der Waals surface area contributed by atoms with Crippen LogP contribution >= 0.6 is 11.6 Å². The second-order valence-corrected chi connectivity index (χ2v) is 8.22. The number of nitro groups is 1. The van der Waals surface area contributed by atoms with Crippen LogP contribution in [0.5, 0.6) is 0 Å². The molecule has 0 spiro atoms. The SMILES string of the molecule is Cc1cc(Nc2cccc(C(F)(F)F)c2)cc2ccc(NC(=O)c3ccc([N+](=O)[O-])cc3Cl)cc12. The minimum Gasteiger partial charge on any atom is -0.355 e. The summed E-state index contributed by atoms with van der Waals surface area (Å²) >= 11 is 6.04. The highest BCUT2D eigenvalue weighted by atomic mass is 35.5. The molecule has 0 bridgehead atoms. The van der Waals surface area contributed by atoms with E-state index in [1.165, 1.54) is 18.2 Å². The summed E-state index contributed by atoms with van der Waals surface area (Å²) in [6, 6.07) is 17.3. The van der Waals surface area contributed by atoms with Gasteiger partial charge in [0.1, 0.15) is 0 Å². The standard InChI is InChI=1S/C25H17ClF3N3O3/c1-14-9-19(30-17-4-2-3-16(11-17)25(27,28)29)10-15-5-6-18(12-22(14)15)31-24(33)21-8-7-20(32(34)35)13-23(21)26/h2-13,30H,1H3,(H,31,33). The number of nitrogens with one attached hydrogen (secondary N) is 2. The van der Waals surface area contributed by atoms with Crippen LogP contribution in [0.1, 0.15) is 21.5 Å². The van der Waals surface area contributed by atoms with Gasteiger partial charge < -0.3 is 10.6 Å². The van der Waals surface area contributed by atoms with Crippen molar-refractivity contribution < 1.29 is 22.9 Å². The van der Waals surface area contributed by atoms with Crippen LogP contribution in [0.25, 0.3) is 10.8 Å². The van der Waals surface area contributed by atoms with Crippen LogP contribution < -0.4 is 10.6 Å². The van der Waals surface area contributed by atoms with Gasteiger partial charge in [-0.2, -0.15) is 13.2 Å². The van der Waals surface area contributed by atoms with Crippen molar-refractivity contribution >= 4 is 51.0 Å². The summed E-state index contributed by atoms with van der Waals surface area (Å²) in [6.45, 7) is 1.85. The van der Waals surface area contributed by atoms with Gasteiger partial charge in [0, 0.05) is 29.2 Å². The number of nitro benzene ring substituents is 1. The summed E-state index contributed by atoms with van der Waals surface area (Å²) in [4.78, 5) is 22.9. The van der Waals surface area contributed by atoms with Gasteiger partial charge in [0.25, 0.3) is 11.6 Å². The quantitative estimate of drug-likeness (QED) is 0.217. The zero-order chi connectivity index (χ0) is 25.3. The van der Waals surface area contributed by atoms with E-state index in [0.29, 0.717) is 17.1 Å². The predicted octanol–water partition coefficient (Wildman–Crippen LogP) is 7.72. The molecule has 6 nitrogen and oxygen atoms in total. The number of hydrogen-bond donors (Lipinski definition) is 2. The lowest BCUT2D eigenvalue weighted by Crippen LogP contribution is -2.12. The van der Waals surface area contributed by atoms with E-state index in [2.05, 4.69) is 10.6 Å². The molecule has 35 heavy (non-hydrogen) atoms. The Morgan fingerprint density at radius 1 is 0.943 bits per heavy atom. The molecular weight excluding hydrogens is 483 g/mol. The third-order valence-corrected chi connectivity index (χ3v) is 5.62. The number of amides is 1. The Hall–Kier alpha value is -4.11. The lowest BCUT2D eigenvalue weighted by atomic mass is 10.0. The fourth-order valence-electron chi connectivity index (χ4n) is 3.63. The van der Waals surface area contributed by atoms with Crippen LogP contribution in [0.3, 0.4) is 0 Å². The summed E-state index contributed by atoms with van der Waals surface area (Å²) in [5, 5.41) is 18.2. The van der Waals surface area contributed by atoms with Crippen molar-refractivity contribution in [1.82, 2.24) is 0 Å². The number of hydrogen-bond acceptors (Lipinski definition) is 4. The van der Waals surface area contributed by atoms with E-state index in [9.17, 15) is 28.1 Å². The van der Waals surface area contributed by atoms with Crippen molar-refractivity contribution in [3.63, 3.8) is 0 Å². The van der Waals surface area contributed by atoms with E-state index in [0.717, 1.165) is 34.5 Å². The fraction of sp³-hybridized carbons (Fsp3) is 0.0800. The van der Waals surface area contributed by atoms with Gasteiger partial charge in [-0.15, -0.1) is 0 Å². The molecule has 0 heterocycles. The Kier molecular flexibility index (Phi) is 6.36. The normalized spacial score (nSPS) is 11.3. The summed E-state index contributed by atoms with van der Waals surface area (Å²) in [5.41, 5.74) is 1.37. The van der Waals surface area contributed by atoms with Crippen LogP contribution in [0.15, 0.2) is 72.8 Å². The van der Waals surface area contributed by atoms with Crippen LogP contribution in [-0.2, 0) is 6.18 Å². The first-order valence-corrected chi connectivity index (χ1v) is 10.6. The number of nitrogens with zero attached hydrogens (tertiary/aromatic N) is 1. The number of non-ortho nitro benzene ring substituents is 1. The largest absolute Gasteiger partial charge is 0.416 e. The highest BCUT2D eigenvalue weighted by molar-refractivity contribution is 6.34. The molecule has 0 saturated heterocycles. The van der Waals surface area contributed by atoms with Gasteiger partial charge in [-0.05, 0) is 71.8 Å². The lowest BCUT2D eigenvalue weighted by molar-refractivity contribution is -0.384. The van der Waals surface area contributed by atoms with Crippen LogP contribution in [0, 0.1) is 17.0 Å². The molecule has 0 aliphatic heterocycles. The first-order valence-electron chi connectivity index (χ1n) is 10.3. The Morgan fingerprint density at radius 2 is 1.71 bits per heavy atom. The first-order chi connectivity index (χ1) is 16.5. The monoisotopic (exact) mass is 499 g/mol. The number of fused-ring (bicyclic) bond motifs is 1. The van der Waals surface area contributed by atoms with Gasteiger partial charge in [0.15, 0.2) is 0 Å². The predicted molar refractivity (Wildman–Crippen MR) is 129 cm³/mol. The van der Waals surface area contributed by atoms with Crippen molar-refractivity contribution in [2.45, 2.75) is 13.1 Å². The second kappa shape index (κ2) is 9.27. The number of carbonyl (C=O) groups is 1. The molecule has 0 aromatic heterocycles. The maximum absolute atomic E-state index is 13.0. The minimum atomic E-state index is -4.43. The van der Waals surface area contributed by atoms with Crippen molar-refractivity contribution in [1.29, 1.82) is 0 Å². The summed E-state index contributed by atoms with van der Waals surface area (Å²) in [6.07, 6.45) is -4.43. The highest BCUT2D eigenvalue weighted by Crippen LogP contribution is 2.33. The molecule has 0 radical (unpaired) electrons. The molecule has 0 fully saturated rings. The zero-order valence-corrected chi connectivity index (χ0v) is 18.9. The van der Waals surface area contributed by atoms with Crippen LogP contribution in [-0.4, -0.2) is 10.8 Å². The Labute approximate surface area is 202 Å². The average Bonchev–Trinajstić information content (AvgIpc) is 2.79. The van der Waals surface area contributed by atoms with Gasteiger partial charge in [0.2, 0.25) is 0 Å². The van der Waals surface area contributed by atoms with E-state index in [-0.39, 0.29) is 16.3 Å². The van der Waals surface area contributed by atoms with E-state index in [1.54, 1.807) is 36.4 Å². The van der Waals surface area contributed by atoms with Crippen LogP contribution in [0.2, 0.25) is 5.02 Å². The number of halogens is 4. The molecule has 0 aliphatic carbocycles. The smallest absolute Gasteiger partial charge is 0.355 e. The molecule has 10 heteroatoms. The van der Waals surface area contributed by atoms with Gasteiger partial charge >= 0.3 is 6.18 Å². The van der Waals surface area contributed by atoms with Crippen molar-refractivity contribution in [2.75, 3.05) is 10.6 Å². The number of anilines is 3. The molecule has 0 unspecified atom stereocenters. The van der Waals surface area contributed by atoms with Gasteiger partial charge in [-0.25, -0.2) is 0 Å². The van der Waals surface area contributed by atoms with Gasteiger partial charge in [0.05, 0.1) is 21.1 Å². The summed E-state index contributed by atoms with van der Waals surface area (Å²) < 4.78 is 39.0. The zero-order valence-electron chi connectivity index (χ0n) is 18.1. The van der Waals surface area contributed by atoms with Crippen molar-refractivity contribution in [2.24, 2.45) is 0 Å². The lowest BCUT2D eigenvalue weighted by Gasteiger charge is -2.13. The van der Waals surface area contributed by atoms with Gasteiger partial charge in [-0.1, -0.05) is 23.7 Å². The van der Waals surface area contributed by atoms with Crippen molar-refractivity contribution in [3.05, 3.63) is 105 Å². The maximum atomic E-state index is 13.0. The molecule has 4 aromatic carbocycles. The second-order valence-electron chi connectivity index (χ2n) is 7.81. The van der Waals surface area contributed by atoms with Crippen molar-refractivity contribution in [3.8, 4) is 0 Å². The molecule has 0 atom stereocenters. The van der Waals surface area contributed by atoms with E-state index in [1.807, 2.05) is 6.92 Å². The highest BCUT2D eigenvalue weighted by Gasteiger charge is 2.30. The number of rotatable bonds is 5. The fourth-order valence-corrected chi connectivity index (χ4v) is 3.89. The maximum Gasteiger partial charge on any atom is 0.416 e. The minimum absolute atomic E-state index is 0.0426. The third-order valence-electron chi connectivity index (χ3n) is 5.31. The third kappa shape index (κ3) is 5.36. The summed E-state index contributed by atoms with van der Waals surface area (Å²) in [5.74, 6) is -0.523. The number of benzene rings is 4. The van der Waals surface area contributed by atoms with Gasteiger partial charge in [-0.3, -0.25) is 14.9 Å². The molecule has 0 saturated carbocycles. The van der Waals surface area contributed by atoms with E-state index in [4.69, 9.17) is 11.6 Å². The molecule has 4 rings (SSSR count). The molecule has 2 N–H and O–H groups in total. The topological polar surface area (TPSA) is 84.3 Å². The van der Waals surface area contributed by atoms with E-state index >= 15 is 0 Å². The number of carbonyl (C=O) groups excluding carboxylic acids is 1. The Balaban J connectivity index is 1.57. The molecule has 1 amide bonds. The number of aryl methyl sites for hydroxylation is 1.